The first-order chi connectivity index (χ1) is 19.0. The predicted octanol–water partition coefficient (Wildman–Crippen LogP) is 4.92. The molecule has 2 aliphatic heterocycles. The third kappa shape index (κ3) is 4.83. The lowest BCUT2D eigenvalue weighted by molar-refractivity contribution is -0.127. The van der Waals surface area contributed by atoms with Gasteiger partial charge in [0.05, 0.1) is 33.5 Å². The molecule has 198 valence electrons. The zero-order chi connectivity index (χ0) is 26.9. The fraction of sp³-hybridized carbons (Fsp3) is 0.214. The fourth-order valence-electron chi connectivity index (χ4n) is 4.97. The van der Waals surface area contributed by atoms with E-state index in [4.69, 9.17) is 4.74 Å². The smallest absolute Gasteiger partial charge is 0.331 e. The van der Waals surface area contributed by atoms with Crippen LogP contribution in [0.15, 0.2) is 73.6 Å². The highest BCUT2D eigenvalue weighted by molar-refractivity contribution is 7.19. The summed E-state index contributed by atoms with van der Waals surface area (Å²) in [4.78, 5) is 38.8. The lowest BCUT2D eigenvalue weighted by atomic mass is 10.0. The number of aliphatic hydroxyl groups is 1. The number of carbonyl (C=O) groups is 2. The van der Waals surface area contributed by atoms with E-state index >= 15 is 0 Å². The van der Waals surface area contributed by atoms with Crippen molar-refractivity contribution in [3.05, 3.63) is 78.5 Å². The summed E-state index contributed by atoms with van der Waals surface area (Å²) in [7, 11) is 0. The second-order valence-electron chi connectivity index (χ2n) is 9.28. The quantitative estimate of drug-likeness (QED) is 0.224. The van der Waals surface area contributed by atoms with Gasteiger partial charge >= 0.3 is 6.03 Å². The Kier molecular flexibility index (Phi) is 6.69. The van der Waals surface area contributed by atoms with E-state index in [2.05, 4.69) is 27.2 Å². The van der Waals surface area contributed by atoms with Gasteiger partial charge in [-0.2, -0.15) is 0 Å². The lowest BCUT2D eigenvalue weighted by Crippen LogP contribution is -2.48. The van der Waals surface area contributed by atoms with Gasteiger partial charge in [-0.05, 0) is 43.2 Å². The van der Waals surface area contributed by atoms with Gasteiger partial charge in [0.2, 0.25) is 11.8 Å². The molecule has 10 nitrogen and oxygen atoms in total. The van der Waals surface area contributed by atoms with Crippen LogP contribution in [0, 0.1) is 0 Å². The molecule has 6 rings (SSSR count). The van der Waals surface area contributed by atoms with Crippen molar-refractivity contribution in [3.8, 4) is 11.6 Å². The minimum absolute atomic E-state index is 0.0963. The zero-order valence-corrected chi connectivity index (χ0v) is 21.7. The van der Waals surface area contributed by atoms with Crippen LogP contribution in [-0.2, 0) is 4.79 Å². The molecule has 1 saturated heterocycles. The van der Waals surface area contributed by atoms with Gasteiger partial charge in [-0.1, -0.05) is 24.8 Å². The number of pyridine rings is 2. The normalized spacial score (nSPS) is 17.6. The Labute approximate surface area is 228 Å². The first kappa shape index (κ1) is 25.0. The number of amides is 3. The van der Waals surface area contributed by atoms with Crippen LogP contribution in [0.3, 0.4) is 0 Å². The van der Waals surface area contributed by atoms with Gasteiger partial charge < -0.3 is 20.1 Å². The van der Waals surface area contributed by atoms with Crippen LogP contribution in [0.25, 0.3) is 10.2 Å². The average Bonchev–Trinajstić information content (AvgIpc) is 3.33. The summed E-state index contributed by atoms with van der Waals surface area (Å²) in [5, 5.41) is 18.1. The molecule has 1 aromatic carbocycles. The Morgan fingerprint density at radius 2 is 2.08 bits per heavy atom. The number of hydrogen-bond donors (Lipinski definition) is 3. The number of aliphatic hydroxyl groups excluding tert-OH is 1. The Bertz CT molecular complexity index is 1540. The van der Waals surface area contributed by atoms with Gasteiger partial charge in [0.25, 0.3) is 0 Å². The summed E-state index contributed by atoms with van der Waals surface area (Å²) in [5.74, 6) is 0.953. The third-order valence-electron chi connectivity index (χ3n) is 6.77. The van der Waals surface area contributed by atoms with E-state index in [1.165, 1.54) is 22.3 Å². The van der Waals surface area contributed by atoms with Crippen molar-refractivity contribution in [2.75, 3.05) is 23.3 Å². The number of hydrogen-bond acceptors (Lipinski definition) is 8. The van der Waals surface area contributed by atoms with E-state index in [-0.39, 0.29) is 18.0 Å². The lowest BCUT2D eigenvalue weighted by Gasteiger charge is -2.34. The number of ether oxygens (including phenoxy) is 1. The average molecular weight is 543 g/mol. The van der Waals surface area contributed by atoms with Crippen LogP contribution < -0.4 is 20.3 Å². The van der Waals surface area contributed by atoms with E-state index in [9.17, 15) is 14.7 Å². The second-order valence-corrected chi connectivity index (χ2v) is 10.3. The Morgan fingerprint density at radius 3 is 2.85 bits per heavy atom. The van der Waals surface area contributed by atoms with Crippen LogP contribution in [-0.4, -0.2) is 51.0 Å². The Hall–Kier alpha value is -4.32. The number of para-hydroxylation sites is 1. The van der Waals surface area contributed by atoms with Crippen LogP contribution in [0.4, 0.5) is 21.9 Å². The minimum Gasteiger partial charge on any atom is -0.439 e. The molecule has 5 heterocycles. The van der Waals surface area contributed by atoms with Crippen LogP contribution >= 0.6 is 11.3 Å². The summed E-state index contributed by atoms with van der Waals surface area (Å²) in [6, 6.07) is 14.1. The molecule has 0 aliphatic carbocycles. The fourth-order valence-corrected chi connectivity index (χ4v) is 6.04. The molecule has 11 heteroatoms. The number of urea groups is 1. The highest BCUT2D eigenvalue weighted by Gasteiger charge is 2.34. The summed E-state index contributed by atoms with van der Waals surface area (Å²) in [6.07, 6.45) is 5.13. The molecule has 2 unspecified atom stereocenters. The van der Waals surface area contributed by atoms with E-state index < -0.39 is 6.23 Å². The molecular formula is C28H26N6O4S. The number of rotatable bonds is 7. The molecule has 3 aromatic heterocycles. The number of thiophene rings is 1. The standard InChI is InChI=1S/C28H26N6O4S/c1-2-22(35)33-14-6-7-17(16-33)31-26(36)25-24-23-20(12-13-29-27(23)39-25)34(28(37)32-24)18-10-11-21(30-15-18)38-19-8-4-3-5-9-19/h2-5,8-13,15,17,26,31,36H,1,6-7,14,16H2,(H,32,37). The van der Waals surface area contributed by atoms with Gasteiger partial charge in [-0.15, -0.1) is 11.3 Å². The summed E-state index contributed by atoms with van der Waals surface area (Å²) < 4.78 is 5.78. The van der Waals surface area contributed by atoms with Crippen molar-refractivity contribution in [1.82, 2.24) is 20.2 Å². The molecule has 0 spiro atoms. The number of aromatic nitrogens is 2. The van der Waals surface area contributed by atoms with Crippen molar-refractivity contribution in [2.45, 2.75) is 25.1 Å². The van der Waals surface area contributed by atoms with E-state index in [1.807, 2.05) is 30.3 Å². The maximum atomic E-state index is 13.4. The number of nitrogens with one attached hydrogen (secondary N) is 2. The second kappa shape index (κ2) is 10.4. The largest absolute Gasteiger partial charge is 0.439 e. The van der Waals surface area contributed by atoms with Gasteiger partial charge in [0.1, 0.15) is 16.8 Å². The number of piperidine rings is 1. The molecule has 0 saturated carbocycles. The van der Waals surface area contributed by atoms with Gasteiger partial charge in [-0.25, -0.2) is 14.8 Å². The minimum atomic E-state index is -1.04. The van der Waals surface area contributed by atoms with Gasteiger partial charge in [0, 0.05) is 31.4 Å². The van der Waals surface area contributed by atoms with Crippen LogP contribution in [0.1, 0.15) is 23.9 Å². The molecule has 4 aromatic rings. The maximum absolute atomic E-state index is 13.4. The van der Waals surface area contributed by atoms with Gasteiger partial charge in [-0.3, -0.25) is 15.0 Å². The summed E-state index contributed by atoms with van der Waals surface area (Å²) >= 11 is 1.32. The number of carbonyl (C=O) groups excluding carboxylic acids is 2. The van der Waals surface area contributed by atoms with Crippen molar-refractivity contribution in [3.63, 3.8) is 0 Å². The van der Waals surface area contributed by atoms with Gasteiger partial charge in [0.15, 0.2) is 0 Å². The van der Waals surface area contributed by atoms with E-state index in [0.29, 0.717) is 51.5 Å². The molecular weight excluding hydrogens is 516 g/mol. The van der Waals surface area contributed by atoms with E-state index in [0.717, 1.165) is 18.2 Å². The topological polar surface area (TPSA) is 120 Å². The highest BCUT2D eigenvalue weighted by atomic mass is 32.1. The SMILES string of the molecule is C=CC(=O)N1CCCC(NC(O)c2sc3nccc4c3c2NC(=O)N4c2ccc(Oc3ccccc3)nc2)C1. The van der Waals surface area contributed by atoms with Crippen LogP contribution in [0.5, 0.6) is 11.6 Å². The number of likely N-dealkylation sites (tertiary alicyclic amines) is 1. The molecule has 0 bridgehead atoms. The number of anilines is 3. The van der Waals surface area contributed by atoms with E-state index in [1.54, 1.807) is 35.5 Å². The molecule has 1 fully saturated rings. The molecule has 3 N–H and O–H groups in total. The highest BCUT2D eigenvalue weighted by Crippen LogP contribution is 2.47. The number of nitrogens with zero attached hydrogens (tertiary/aromatic N) is 4. The first-order valence-electron chi connectivity index (χ1n) is 12.6. The molecule has 2 aliphatic rings. The monoisotopic (exact) mass is 542 g/mol. The van der Waals surface area contributed by atoms with Crippen LogP contribution in [0.2, 0.25) is 0 Å². The van der Waals surface area contributed by atoms with Crippen molar-refractivity contribution < 1.29 is 19.4 Å². The summed E-state index contributed by atoms with van der Waals surface area (Å²) in [5.41, 5.74) is 1.74. The van der Waals surface area contributed by atoms with Crippen molar-refractivity contribution in [1.29, 1.82) is 0 Å². The molecule has 39 heavy (non-hydrogen) atoms. The third-order valence-corrected chi connectivity index (χ3v) is 7.92. The Morgan fingerprint density at radius 1 is 1.23 bits per heavy atom. The first-order valence-corrected chi connectivity index (χ1v) is 13.4. The summed E-state index contributed by atoms with van der Waals surface area (Å²) in [6.45, 7) is 4.71. The zero-order valence-electron chi connectivity index (χ0n) is 20.9. The van der Waals surface area contributed by atoms with Crippen molar-refractivity contribution in [2.24, 2.45) is 0 Å². The maximum Gasteiger partial charge on any atom is 0.331 e. The van der Waals surface area contributed by atoms with Crippen molar-refractivity contribution >= 4 is 50.6 Å². The predicted molar refractivity (Wildman–Crippen MR) is 149 cm³/mol. The number of benzene rings is 1. The molecule has 0 radical (unpaired) electrons. The Balaban J connectivity index is 1.26. The molecule has 2 atom stereocenters. The molecule has 3 amide bonds.